The molecule has 0 spiro atoms. The number of carboxylic acids is 1. The monoisotopic (exact) mass is 625 g/mol. The van der Waals surface area contributed by atoms with E-state index in [1.165, 1.54) is 66.7 Å². The van der Waals surface area contributed by atoms with E-state index in [-0.39, 0.29) is 28.1 Å². The number of esters is 1. The normalized spacial score (nSPS) is 18.4. The number of ether oxygens (including phenoxy) is 1. The molecule has 3 atom stereocenters. The Bertz CT molecular complexity index is 1670. The zero-order valence-electron chi connectivity index (χ0n) is 24.2. The van der Waals surface area contributed by atoms with Crippen molar-refractivity contribution in [3.05, 3.63) is 95.8 Å². The van der Waals surface area contributed by atoms with Gasteiger partial charge >= 0.3 is 18.0 Å². The Hall–Kier alpha value is -4.78. The Labute approximate surface area is 253 Å². The van der Waals surface area contributed by atoms with E-state index in [1.54, 1.807) is 26.8 Å². The van der Waals surface area contributed by atoms with Crippen LogP contribution in [0.3, 0.4) is 0 Å². The molecule has 3 amide bonds. The summed E-state index contributed by atoms with van der Waals surface area (Å²) in [6.07, 6.45) is -0.384. The van der Waals surface area contributed by atoms with Gasteiger partial charge < -0.3 is 25.4 Å². The fourth-order valence-corrected chi connectivity index (χ4v) is 6.98. The number of carboxylic acid groups (broad SMARTS) is 1. The molecule has 13 heteroatoms. The van der Waals surface area contributed by atoms with E-state index in [9.17, 15) is 32.7 Å². The number of halogens is 1. The zero-order valence-corrected chi connectivity index (χ0v) is 25.0. The van der Waals surface area contributed by atoms with Crippen molar-refractivity contribution < 1.29 is 41.8 Å². The van der Waals surface area contributed by atoms with E-state index >= 15 is 4.39 Å². The van der Waals surface area contributed by atoms with Crippen LogP contribution in [0.25, 0.3) is 0 Å². The quantitative estimate of drug-likeness (QED) is 0.315. The van der Waals surface area contributed by atoms with Crippen molar-refractivity contribution in [3.63, 3.8) is 0 Å². The van der Waals surface area contributed by atoms with Gasteiger partial charge in [0.1, 0.15) is 17.5 Å². The number of carbonyl (C=O) groups excluding carboxylic acids is 3. The molecule has 44 heavy (non-hydrogen) atoms. The van der Waals surface area contributed by atoms with E-state index in [2.05, 4.69) is 10.6 Å². The molecule has 1 heterocycles. The van der Waals surface area contributed by atoms with Crippen LogP contribution in [0, 0.1) is 5.82 Å². The molecular weight excluding hydrogens is 593 g/mol. The minimum atomic E-state index is -4.23. The zero-order chi connectivity index (χ0) is 32.2. The maximum Gasteiger partial charge on any atom is 0.335 e. The van der Waals surface area contributed by atoms with Gasteiger partial charge in [-0.3, -0.25) is 4.79 Å². The molecule has 1 aliphatic rings. The summed E-state index contributed by atoms with van der Waals surface area (Å²) in [5, 5.41) is 12.5. The van der Waals surface area contributed by atoms with E-state index in [4.69, 9.17) is 4.74 Å². The third kappa shape index (κ3) is 7.22. The molecule has 4 rings (SSSR count). The molecule has 1 saturated heterocycles. The maximum atomic E-state index is 15.3. The highest BCUT2D eigenvalue weighted by molar-refractivity contribution is 7.92. The number of carbonyl (C=O) groups is 4. The van der Waals surface area contributed by atoms with Gasteiger partial charge in [-0.15, -0.1) is 0 Å². The first-order valence-corrected chi connectivity index (χ1v) is 15.2. The lowest BCUT2D eigenvalue weighted by molar-refractivity contribution is -0.164. The molecule has 3 aromatic carbocycles. The SMILES string of the molecule is CC(C)(C)OC(=O)C1CC(S(=O)(=O)c2ccccc2)C(c2ccccc2F)N1C(=O)CNC(=O)Nc1cccc(C(=O)O)c1. The first-order valence-electron chi connectivity index (χ1n) is 13.6. The fourth-order valence-electron chi connectivity index (χ4n) is 5.04. The predicted molar refractivity (Wildman–Crippen MR) is 158 cm³/mol. The van der Waals surface area contributed by atoms with Crippen molar-refractivity contribution in [2.24, 2.45) is 0 Å². The summed E-state index contributed by atoms with van der Waals surface area (Å²) in [5.74, 6) is -3.73. The van der Waals surface area contributed by atoms with Gasteiger partial charge in [0.05, 0.1) is 28.3 Å². The number of aromatic carboxylic acids is 1. The van der Waals surface area contributed by atoms with Gasteiger partial charge in [-0.25, -0.2) is 27.2 Å². The molecule has 0 saturated carbocycles. The number of hydrogen-bond acceptors (Lipinski definition) is 7. The Morgan fingerprint density at radius 1 is 0.977 bits per heavy atom. The molecule has 0 aromatic heterocycles. The Morgan fingerprint density at radius 3 is 2.27 bits per heavy atom. The third-order valence-electron chi connectivity index (χ3n) is 6.87. The van der Waals surface area contributed by atoms with Crippen molar-refractivity contribution in [2.45, 2.75) is 55.0 Å². The second-order valence-corrected chi connectivity index (χ2v) is 13.3. The molecule has 232 valence electrons. The Kier molecular flexibility index (Phi) is 9.38. The summed E-state index contributed by atoms with van der Waals surface area (Å²) < 4.78 is 48.8. The molecular formula is C31H32FN3O8S. The number of benzene rings is 3. The lowest BCUT2D eigenvalue weighted by Crippen LogP contribution is -2.49. The average Bonchev–Trinajstić information content (AvgIpc) is 3.38. The largest absolute Gasteiger partial charge is 0.478 e. The van der Waals surface area contributed by atoms with Crippen LogP contribution in [0.2, 0.25) is 0 Å². The van der Waals surface area contributed by atoms with Gasteiger partial charge in [0.2, 0.25) is 5.91 Å². The Morgan fingerprint density at radius 2 is 1.64 bits per heavy atom. The summed E-state index contributed by atoms with van der Waals surface area (Å²) in [4.78, 5) is 52.1. The first-order chi connectivity index (χ1) is 20.7. The van der Waals surface area contributed by atoms with Gasteiger partial charge in [-0.2, -0.15) is 0 Å². The number of rotatable bonds is 8. The second-order valence-electron chi connectivity index (χ2n) is 11.1. The summed E-state index contributed by atoms with van der Waals surface area (Å²) in [5.41, 5.74) is -1.04. The summed E-state index contributed by atoms with van der Waals surface area (Å²) >= 11 is 0. The second kappa shape index (κ2) is 12.8. The molecule has 1 fully saturated rings. The number of anilines is 1. The highest BCUT2D eigenvalue weighted by atomic mass is 32.2. The van der Waals surface area contributed by atoms with E-state index in [0.717, 1.165) is 11.0 Å². The highest BCUT2D eigenvalue weighted by Crippen LogP contribution is 2.44. The number of sulfone groups is 1. The lowest BCUT2D eigenvalue weighted by Gasteiger charge is -2.32. The maximum absolute atomic E-state index is 15.3. The van der Waals surface area contributed by atoms with Gasteiger partial charge in [0.25, 0.3) is 0 Å². The number of amides is 3. The van der Waals surface area contributed by atoms with Crippen LogP contribution in [-0.2, 0) is 24.2 Å². The number of likely N-dealkylation sites (tertiary alicyclic amines) is 1. The number of urea groups is 1. The van der Waals surface area contributed by atoms with Crippen LogP contribution in [0.1, 0.15) is 49.2 Å². The average molecular weight is 626 g/mol. The molecule has 0 aliphatic carbocycles. The van der Waals surface area contributed by atoms with Gasteiger partial charge in [0, 0.05) is 11.3 Å². The van der Waals surface area contributed by atoms with Crippen LogP contribution < -0.4 is 10.6 Å². The number of nitrogens with zero attached hydrogens (tertiary/aromatic N) is 1. The van der Waals surface area contributed by atoms with Crippen LogP contribution in [-0.4, -0.2) is 65.7 Å². The van der Waals surface area contributed by atoms with Crippen molar-refractivity contribution in [3.8, 4) is 0 Å². The summed E-state index contributed by atoms with van der Waals surface area (Å²) in [6, 6.07) is 14.5. The van der Waals surface area contributed by atoms with Gasteiger partial charge in [-0.1, -0.05) is 42.5 Å². The van der Waals surface area contributed by atoms with E-state index in [0.29, 0.717) is 0 Å². The van der Waals surface area contributed by atoms with Crippen molar-refractivity contribution in [1.29, 1.82) is 0 Å². The molecule has 3 aromatic rings. The molecule has 0 radical (unpaired) electrons. The minimum absolute atomic E-state index is 0.0651. The molecule has 3 unspecified atom stereocenters. The van der Waals surface area contributed by atoms with E-state index in [1.807, 2.05) is 0 Å². The predicted octanol–water partition coefficient (Wildman–Crippen LogP) is 4.17. The third-order valence-corrected chi connectivity index (χ3v) is 9.05. The summed E-state index contributed by atoms with van der Waals surface area (Å²) in [7, 11) is -4.23. The van der Waals surface area contributed by atoms with E-state index < -0.39 is 69.0 Å². The Balaban J connectivity index is 1.70. The van der Waals surface area contributed by atoms with Crippen molar-refractivity contribution in [1.82, 2.24) is 10.2 Å². The van der Waals surface area contributed by atoms with Crippen LogP contribution >= 0.6 is 0 Å². The number of nitrogens with one attached hydrogen (secondary N) is 2. The molecule has 0 bridgehead atoms. The van der Waals surface area contributed by atoms with Gasteiger partial charge in [-0.05, 0) is 63.6 Å². The van der Waals surface area contributed by atoms with Crippen LogP contribution in [0.15, 0.2) is 83.8 Å². The first kappa shape index (κ1) is 32.1. The fraction of sp³-hybridized carbons (Fsp3) is 0.290. The van der Waals surface area contributed by atoms with Gasteiger partial charge in [0.15, 0.2) is 9.84 Å². The van der Waals surface area contributed by atoms with Crippen molar-refractivity contribution >= 4 is 39.4 Å². The summed E-state index contributed by atoms with van der Waals surface area (Å²) in [6.45, 7) is 4.14. The number of hydrogen-bond donors (Lipinski definition) is 3. The standard InChI is InChI=1S/C31H32FN3O8S/c1-31(2,3)43-29(39)24-17-25(44(41,42)21-12-5-4-6-13-21)27(22-14-7-8-15-23(22)32)35(24)26(36)18-33-30(40)34-20-11-9-10-19(16-20)28(37)38/h4-16,24-25,27H,17-18H2,1-3H3,(H,37,38)(H2,33,34,40). The molecule has 11 nitrogen and oxygen atoms in total. The smallest absolute Gasteiger partial charge is 0.335 e. The molecule has 1 aliphatic heterocycles. The van der Waals surface area contributed by atoms with Crippen molar-refractivity contribution in [2.75, 3.05) is 11.9 Å². The lowest BCUT2D eigenvalue weighted by atomic mass is 10.0. The molecule has 3 N–H and O–H groups in total. The highest BCUT2D eigenvalue weighted by Gasteiger charge is 2.54. The minimum Gasteiger partial charge on any atom is -0.478 e. The van der Waals surface area contributed by atoms with Crippen LogP contribution in [0.4, 0.5) is 14.9 Å². The topological polar surface area (TPSA) is 159 Å². The van der Waals surface area contributed by atoms with Crippen LogP contribution in [0.5, 0.6) is 0 Å².